The van der Waals surface area contributed by atoms with Gasteiger partial charge in [-0.3, -0.25) is 4.79 Å². The van der Waals surface area contributed by atoms with Crippen LogP contribution in [0.5, 0.6) is 0 Å². The van der Waals surface area contributed by atoms with Gasteiger partial charge in [0.05, 0.1) is 4.90 Å². The number of carbonyl (C=O) groups is 1. The third-order valence-corrected chi connectivity index (χ3v) is 6.53. The molecule has 2 atom stereocenters. The van der Waals surface area contributed by atoms with Crippen molar-refractivity contribution in [2.24, 2.45) is 0 Å². The summed E-state index contributed by atoms with van der Waals surface area (Å²) in [7, 11) is -1.82. The van der Waals surface area contributed by atoms with Crippen molar-refractivity contribution >= 4 is 40.1 Å². The molecule has 1 fully saturated rings. The van der Waals surface area contributed by atoms with Crippen LogP contribution in [0.15, 0.2) is 35.2 Å². The summed E-state index contributed by atoms with van der Waals surface area (Å²) in [5.74, 6) is 0.588. The average molecular weight is 422 g/mol. The summed E-state index contributed by atoms with van der Waals surface area (Å²) in [4.78, 5) is 14.9. The van der Waals surface area contributed by atoms with E-state index in [1.54, 1.807) is 34.9 Å². The number of hydrogen-bond donors (Lipinski definition) is 2. The maximum Gasteiger partial charge on any atom is 0.241 e. The van der Waals surface area contributed by atoms with E-state index < -0.39 is 16.1 Å². The number of amides is 1. The molecule has 1 heterocycles. The Labute approximate surface area is 166 Å². The molecule has 1 amide bonds. The summed E-state index contributed by atoms with van der Waals surface area (Å²) in [6, 6.07) is 7.73. The van der Waals surface area contributed by atoms with E-state index in [1.807, 2.05) is 13.3 Å². The first-order chi connectivity index (χ1) is 12.0. The lowest BCUT2D eigenvalue weighted by molar-refractivity contribution is -0.134. The van der Waals surface area contributed by atoms with Crippen molar-refractivity contribution in [1.82, 2.24) is 14.9 Å². The van der Waals surface area contributed by atoms with Gasteiger partial charge in [0.2, 0.25) is 15.9 Å². The highest BCUT2D eigenvalue weighted by molar-refractivity contribution is 7.98. The Kier molecular flexibility index (Phi) is 9.95. The zero-order valence-electron chi connectivity index (χ0n) is 15.2. The van der Waals surface area contributed by atoms with E-state index in [2.05, 4.69) is 10.0 Å². The lowest BCUT2D eigenvalue weighted by Crippen LogP contribution is -2.54. The molecule has 1 aliphatic rings. The molecule has 0 spiro atoms. The predicted molar refractivity (Wildman–Crippen MR) is 109 cm³/mol. The Bertz CT molecular complexity index is 658. The van der Waals surface area contributed by atoms with Crippen molar-refractivity contribution in [2.75, 3.05) is 32.1 Å². The molecular weight excluding hydrogens is 394 g/mol. The first kappa shape index (κ1) is 23.2. The maximum atomic E-state index is 12.9. The van der Waals surface area contributed by atoms with Crippen LogP contribution in [0.3, 0.4) is 0 Å². The zero-order valence-corrected chi connectivity index (χ0v) is 17.6. The average Bonchev–Trinajstić information content (AvgIpc) is 2.65. The Hall–Kier alpha value is -0.800. The van der Waals surface area contributed by atoms with Crippen LogP contribution in [-0.4, -0.2) is 63.5 Å². The Balaban J connectivity index is 0.00000338. The molecule has 26 heavy (non-hydrogen) atoms. The maximum absolute atomic E-state index is 12.9. The number of thioether (sulfide) groups is 1. The van der Waals surface area contributed by atoms with Gasteiger partial charge in [0.25, 0.3) is 0 Å². The van der Waals surface area contributed by atoms with Crippen LogP contribution in [0, 0.1) is 0 Å². The van der Waals surface area contributed by atoms with Gasteiger partial charge < -0.3 is 10.2 Å². The number of sulfonamides is 1. The number of nitrogens with one attached hydrogen (secondary N) is 2. The van der Waals surface area contributed by atoms with Gasteiger partial charge in [0, 0.05) is 19.1 Å². The van der Waals surface area contributed by atoms with E-state index in [4.69, 9.17) is 0 Å². The van der Waals surface area contributed by atoms with Crippen molar-refractivity contribution in [3.05, 3.63) is 30.3 Å². The smallest absolute Gasteiger partial charge is 0.241 e. The molecule has 0 aliphatic carbocycles. The number of benzene rings is 1. The van der Waals surface area contributed by atoms with Crippen LogP contribution < -0.4 is 10.0 Å². The molecule has 9 heteroatoms. The molecule has 2 unspecified atom stereocenters. The van der Waals surface area contributed by atoms with Gasteiger partial charge in [-0.05, 0) is 50.5 Å². The highest BCUT2D eigenvalue weighted by atomic mass is 35.5. The summed E-state index contributed by atoms with van der Waals surface area (Å²) in [5, 5.41) is 3.21. The summed E-state index contributed by atoms with van der Waals surface area (Å²) >= 11 is 1.60. The van der Waals surface area contributed by atoms with Crippen LogP contribution in [0.1, 0.15) is 19.3 Å². The monoisotopic (exact) mass is 421 g/mol. The van der Waals surface area contributed by atoms with E-state index in [9.17, 15) is 13.2 Å². The van der Waals surface area contributed by atoms with Crippen molar-refractivity contribution in [3.8, 4) is 0 Å². The van der Waals surface area contributed by atoms with Gasteiger partial charge in [-0.15, -0.1) is 12.4 Å². The van der Waals surface area contributed by atoms with Gasteiger partial charge in [-0.1, -0.05) is 18.2 Å². The van der Waals surface area contributed by atoms with E-state index in [-0.39, 0.29) is 29.3 Å². The summed E-state index contributed by atoms with van der Waals surface area (Å²) < 4.78 is 27.8. The summed E-state index contributed by atoms with van der Waals surface area (Å²) in [5.41, 5.74) is 0. The fourth-order valence-electron chi connectivity index (χ4n) is 2.96. The fraction of sp³-hybridized carbons (Fsp3) is 0.588. The Morgan fingerprint density at radius 1 is 1.35 bits per heavy atom. The number of hydrogen-bond acceptors (Lipinski definition) is 5. The SMILES string of the molecule is CNC1CCCN(C(=O)C(CCSC)NS(=O)(=O)c2ccccc2)C1.Cl. The highest BCUT2D eigenvalue weighted by Gasteiger charge is 2.31. The second-order valence-corrected chi connectivity index (χ2v) is 8.88. The van der Waals surface area contributed by atoms with Gasteiger partial charge in [0.15, 0.2) is 0 Å². The molecule has 0 bridgehead atoms. The molecule has 1 aromatic carbocycles. The van der Waals surface area contributed by atoms with Gasteiger partial charge in [-0.25, -0.2) is 8.42 Å². The standard InChI is InChI=1S/C17H27N3O3S2.ClH/c1-18-14-7-6-11-20(13-14)17(21)16(10-12-24-2)19-25(22,23)15-8-4-3-5-9-15;/h3-5,8-9,14,16,18-19H,6-7,10-13H2,1-2H3;1H. The first-order valence-corrected chi connectivity index (χ1v) is 11.4. The molecule has 0 radical (unpaired) electrons. The van der Waals surface area contributed by atoms with Gasteiger partial charge in [-0.2, -0.15) is 16.5 Å². The first-order valence-electron chi connectivity index (χ1n) is 8.50. The second-order valence-electron chi connectivity index (χ2n) is 6.18. The van der Waals surface area contributed by atoms with Crippen molar-refractivity contribution in [1.29, 1.82) is 0 Å². The summed E-state index contributed by atoms with van der Waals surface area (Å²) in [6.07, 6.45) is 4.39. The molecular formula is C17H28ClN3O3S2. The Morgan fingerprint density at radius 2 is 2.04 bits per heavy atom. The molecule has 1 aromatic rings. The van der Waals surface area contributed by atoms with Gasteiger partial charge >= 0.3 is 0 Å². The molecule has 148 valence electrons. The molecule has 2 N–H and O–H groups in total. The molecule has 1 aliphatic heterocycles. The van der Waals surface area contributed by atoms with Crippen molar-refractivity contribution in [3.63, 3.8) is 0 Å². The fourth-order valence-corrected chi connectivity index (χ4v) is 4.67. The second kappa shape index (κ2) is 11.1. The number of piperidine rings is 1. The largest absolute Gasteiger partial charge is 0.340 e. The minimum atomic E-state index is -3.72. The molecule has 2 rings (SSSR count). The highest BCUT2D eigenvalue weighted by Crippen LogP contribution is 2.15. The van der Waals surface area contributed by atoms with E-state index in [0.717, 1.165) is 18.6 Å². The quantitative estimate of drug-likeness (QED) is 0.668. The van der Waals surface area contributed by atoms with Crippen LogP contribution in [0.4, 0.5) is 0 Å². The van der Waals surface area contributed by atoms with E-state index in [0.29, 0.717) is 19.5 Å². The normalized spacial score (nSPS) is 18.8. The van der Waals surface area contributed by atoms with Gasteiger partial charge in [0.1, 0.15) is 6.04 Å². The topological polar surface area (TPSA) is 78.5 Å². The number of nitrogens with zero attached hydrogens (tertiary/aromatic N) is 1. The predicted octanol–water partition coefficient (Wildman–Crippen LogP) is 1.72. The van der Waals surface area contributed by atoms with Crippen molar-refractivity contribution in [2.45, 2.75) is 36.2 Å². The third-order valence-electron chi connectivity index (χ3n) is 4.40. The number of halogens is 1. The lowest BCUT2D eigenvalue weighted by Gasteiger charge is -2.35. The molecule has 0 saturated carbocycles. The summed E-state index contributed by atoms with van der Waals surface area (Å²) in [6.45, 7) is 1.30. The number of carbonyl (C=O) groups excluding carboxylic acids is 1. The van der Waals surface area contributed by atoms with Crippen molar-refractivity contribution < 1.29 is 13.2 Å². The minimum Gasteiger partial charge on any atom is -0.340 e. The van der Waals surface area contributed by atoms with Crippen LogP contribution >= 0.6 is 24.2 Å². The third kappa shape index (κ3) is 6.42. The molecule has 0 aromatic heterocycles. The van der Waals surface area contributed by atoms with Crippen LogP contribution in [-0.2, 0) is 14.8 Å². The number of likely N-dealkylation sites (N-methyl/N-ethyl adjacent to an activating group) is 1. The van der Waals surface area contributed by atoms with Crippen LogP contribution in [0.2, 0.25) is 0 Å². The van der Waals surface area contributed by atoms with E-state index in [1.165, 1.54) is 12.1 Å². The lowest BCUT2D eigenvalue weighted by atomic mass is 10.0. The zero-order chi connectivity index (χ0) is 18.3. The molecule has 6 nitrogen and oxygen atoms in total. The molecule has 1 saturated heterocycles. The van der Waals surface area contributed by atoms with Crippen LogP contribution in [0.25, 0.3) is 0 Å². The number of rotatable bonds is 8. The van der Waals surface area contributed by atoms with E-state index >= 15 is 0 Å². The number of likely N-dealkylation sites (tertiary alicyclic amines) is 1. The minimum absolute atomic E-state index is 0. The Morgan fingerprint density at radius 3 is 2.65 bits per heavy atom.